The number of rotatable bonds is 3. The Morgan fingerprint density at radius 1 is 1.21 bits per heavy atom. The molecule has 0 spiro atoms. The van der Waals surface area contributed by atoms with Gasteiger partial charge in [0.05, 0.1) is 9.82 Å². The molecule has 0 saturated heterocycles. The molecule has 0 N–H and O–H groups in total. The van der Waals surface area contributed by atoms with Gasteiger partial charge in [-0.2, -0.15) is 0 Å². The summed E-state index contributed by atoms with van der Waals surface area (Å²) < 4.78 is 25.0. The van der Waals surface area contributed by atoms with E-state index < -0.39 is 20.4 Å². The maximum atomic E-state index is 12.0. The van der Waals surface area contributed by atoms with Gasteiger partial charge in [0.2, 0.25) is 10.0 Å². The molecule has 0 atom stereocenters. The largest absolute Gasteiger partial charge is 0.274 e. The van der Waals surface area contributed by atoms with E-state index in [-0.39, 0.29) is 10.6 Å². The second-order valence-electron chi connectivity index (χ2n) is 5.47. The Bertz CT molecular complexity index is 601. The van der Waals surface area contributed by atoms with E-state index in [0.29, 0.717) is 5.56 Å². The quantitative estimate of drug-likeness (QED) is 0.629. The Hall–Kier alpha value is -1.47. The van der Waals surface area contributed by atoms with E-state index in [2.05, 4.69) is 0 Å². The zero-order valence-electron chi connectivity index (χ0n) is 11.7. The van der Waals surface area contributed by atoms with Crippen molar-refractivity contribution in [2.45, 2.75) is 31.1 Å². The molecule has 1 aromatic rings. The summed E-state index contributed by atoms with van der Waals surface area (Å²) in [5.41, 5.74) is -0.0892. The van der Waals surface area contributed by atoms with Gasteiger partial charge in [0.1, 0.15) is 0 Å². The number of nitro benzene ring substituents is 1. The first-order valence-corrected chi connectivity index (χ1v) is 7.13. The van der Waals surface area contributed by atoms with Crippen molar-refractivity contribution in [2.24, 2.45) is 0 Å². The van der Waals surface area contributed by atoms with E-state index in [0.717, 1.165) is 10.4 Å². The first-order valence-electron chi connectivity index (χ1n) is 5.69. The molecule has 1 aromatic carbocycles. The van der Waals surface area contributed by atoms with Gasteiger partial charge in [-0.05, 0) is 11.5 Å². The van der Waals surface area contributed by atoms with Gasteiger partial charge in [0.25, 0.3) is 5.69 Å². The van der Waals surface area contributed by atoms with Gasteiger partial charge in [0, 0.05) is 25.7 Å². The van der Waals surface area contributed by atoms with Crippen LogP contribution < -0.4 is 0 Å². The number of nitro groups is 1. The highest BCUT2D eigenvalue weighted by molar-refractivity contribution is 7.89. The summed E-state index contributed by atoms with van der Waals surface area (Å²) in [6.07, 6.45) is 0. The average molecular weight is 286 g/mol. The maximum Gasteiger partial charge on any atom is 0.274 e. The lowest BCUT2D eigenvalue weighted by Gasteiger charge is -2.19. The van der Waals surface area contributed by atoms with Gasteiger partial charge >= 0.3 is 0 Å². The zero-order valence-corrected chi connectivity index (χ0v) is 12.5. The molecule has 0 unspecified atom stereocenters. The molecule has 0 aromatic heterocycles. The van der Waals surface area contributed by atoms with Crippen molar-refractivity contribution < 1.29 is 13.3 Å². The highest BCUT2D eigenvalue weighted by atomic mass is 32.2. The lowest BCUT2D eigenvalue weighted by Crippen LogP contribution is -2.23. The Labute approximate surface area is 113 Å². The van der Waals surface area contributed by atoms with Crippen LogP contribution in [0.15, 0.2) is 23.1 Å². The normalized spacial score (nSPS) is 12.7. The molecule has 0 aliphatic carbocycles. The topological polar surface area (TPSA) is 80.5 Å². The molecule has 0 saturated carbocycles. The molecule has 0 heterocycles. The number of sulfonamides is 1. The molecule has 106 valence electrons. The summed E-state index contributed by atoms with van der Waals surface area (Å²) in [4.78, 5) is 10.5. The van der Waals surface area contributed by atoms with Crippen LogP contribution in [-0.2, 0) is 15.4 Å². The first kappa shape index (κ1) is 15.6. The van der Waals surface area contributed by atoms with E-state index in [1.165, 1.54) is 26.2 Å². The van der Waals surface area contributed by atoms with Crippen molar-refractivity contribution in [3.8, 4) is 0 Å². The van der Waals surface area contributed by atoms with Crippen molar-refractivity contribution in [1.29, 1.82) is 0 Å². The average Bonchev–Trinajstić information content (AvgIpc) is 2.26. The second-order valence-corrected chi connectivity index (χ2v) is 7.63. The molecular weight excluding hydrogens is 268 g/mol. The summed E-state index contributed by atoms with van der Waals surface area (Å²) in [7, 11) is -0.891. The minimum atomic E-state index is -3.67. The molecule has 0 amide bonds. The van der Waals surface area contributed by atoms with Crippen LogP contribution >= 0.6 is 0 Å². The standard InChI is InChI=1S/C12H18N2O4S/c1-12(2,3)10-7-6-9(8-11(10)14(15)16)19(17,18)13(4)5/h6-8H,1-5H3. The van der Waals surface area contributed by atoms with Crippen molar-refractivity contribution in [2.75, 3.05) is 14.1 Å². The van der Waals surface area contributed by atoms with Crippen LogP contribution in [0.1, 0.15) is 26.3 Å². The summed E-state index contributed by atoms with van der Waals surface area (Å²) in [6, 6.07) is 4.04. The fourth-order valence-corrected chi connectivity index (χ4v) is 2.59. The summed E-state index contributed by atoms with van der Waals surface area (Å²) in [6.45, 7) is 5.53. The fourth-order valence-electron chi connectivity index (χ4n) is 1.67. The number of hydrogen-bond acceptors (Lipinski definition) is 4. The minimum absolute atomic E-state index is 0.0720. The minimum Gasteiger partial charge on any atom is -0.258 e. The third-order valence-corrected chi connectivity index (χ3v) is 4.56. The van der Waals surface area contributed by atoms with Gasteiger partial charge in [-0.1, -0.05) is 26.8 Å². The van der Waals surface area contributed by atoms with Crippen molar-refractivity contribution in [3.05, 3.63) is 33.9 Å². The summed E-state index contributed by atoms with van der Waals surface area (Å²) in [5, 5.41) is 11.1. The molecule has 0 bridgehead atoms. The maximum absolute atomic E-state index is 12.0. The van der Waals surface area contributed by atoms with Crippen LogP contribution in [0.5, 0.6) is 0 Å². The van der Waals surface area contributed by atoms with Gasteiger partial charge in [-0.15, -0.1) is 0 Å². The summed E-state index contributed by atoms with van der Waals surface area (Å²) in [5.74, 6) is 0. The second kappa shape index (κ2) is 4.90. The van der Waals surface area contributed by atoms with E-state index >= 15 is 0 Å². The van der Waals surface area contributed by atoms with Crippen molar-refractivity contribution in [1.82, 2.24) is 4.31 Å². The van der Waals surface area contributed by atoms with Gasteiger partial charge in [-0.3, -0.25) is 10.1 Å². The Kier molecular flexibility index (Phi) is 4.02. The van der Waals surface area contributed by atoms with E-state index in [1.807, 2.05) is 20.8 Å². The number of nitrogens with zero attached hydrogens (tertiary/aromatic N) is 2. The molecular formula is C12H18N2O4S. The highest BCUT2D eigenvalue weighted by Gasteiger charge is 2.28. The van der Waals surface area contributed by atoms with Gasteiger partial charge in [0.15, 0.2) is 0 Å². The molecule has 7 heteroatoms. The summed E-state index contributed by atoms with van der Waals surface area (Å²) >= 11 is 0. The van der Waals surface area contributed by atoms with E-state index in [9.17, 15) is 18.5 Å². The monoisotopic (exact) mass is 286 g/mol. The van der Waals surface area contributed by atoms with Gasteiger partial charge in [-0.25, -0.2) is 12.7 Å². The number of benzene rings is 1. The number of hydrogen-bond donors (Lipinski definition) is 0. The van der Waals surface area contributed by atoms with Crippen LogP contribution in [-0.4, -0.2) is 31.7 Å². The molecule has 19 heavy (non-hydrogen) atoms. The predicted molar refractivity (Wildman–Crippen MR) is 72.7 cm³/mol. The van der Waals surface area contributed by atoms with Crippen molar-refractivity contribution >= 4 is 15.7 Å². The van der Waals surface area contributed by atoms with Crippen molar-refractivity contribution in [3.63, 3.8) is 0 Å². The molecule has 0 aliphatic rings. The van der Waals surface area contributed by atoms with Crippen LogP contribution in [0.2, 0.25) is 0 Å². The van der Waals surface area contributed by atoms with Crippen LogP contribution in [0.25, 0.3) is 0 Å². The molecule has 0 fully saturated rings. The predicted octanol–water partition coefficient (Wildman–Crippen LogP) is 2.14. The van der Waals surface area contributed by atoms with Crippen LogP contribution in [0, 0.1) is 10.1 Å². The van der Waals surface area contributed by atoms with Gasteiger partial charge < -0.3 is 0 Å². The third kappa shape index (κ3) is 3.10. The van der Waals surface area contributed by atoms with Crippen LogP contribution in [0.3, 0.4) is 0 Å². The lowest BCUT2D eigenvalue weighted by molar-refractivity contribution is -0.386. The zero-order chi connectivity index (χ0) is 15.0. The molecule has 0 aliphatic heterocycles. The van der Waals surface area contributed by atoms with E-state index in [4.69, 9.17) is 0 Å². The molecule has 6 nitrogen and oxygen atoms in total. The third-order valence-electron chi connectivity index (χ3n) is 2.75. The highest BCUT2D eigenvalue weighted by Crippen LogP contribution is 2.33. The fraction of sp³-hybridized carbons (Fsp3) is 0.500. The first-order chi connectivity index (χ1) is 8.48. The Morgan fingerprint density at radius 3 is 2.11 bits per heavy atom. The molecule has 1 rings (SSSR count). The van der Waals surface area contributed by atoms with Crippen LogP contribution in [0.4, 0.5) is 5.69 Å². The lowest BCUT2D eigenvalue weighted by atomic mass is 9.86. The Morgan fingerprint density at radius 2 is 1.74 bits per heavy atom. The molecule has 0 radical (unpaired) electrons. The smallest absolute Gasteiger partial charge is 0.258 e. The Balaban J connectivity index is 3.54. The van der Waals surface area contributed by atoms with E-state index in [1.54, 1.807) is 0 Å². The SMILES string of the molecule is CN(C)S(=O)(=O)c1ccc(C(C)(C)C)c([N+](=O)[O-])c1.